The second-order valence-electron chi connectivity index (χ2n) is 14.0. The number of aliphatic carboxylic acids is 2. The number of carboxylic acid groups (broad SMARTS) is 2. The van der Waals surface area contributed by atoms with Crippen LogP contribution in [0, 0.1) is 11.8 Å². The van der Waals surface area contributed by atoms with Crippen molar-refractivity contribution in [2.24, 2.45) is 39.8 Å². The van der Waals surface area contributed by atoms with E-state index in [0.717, 1.165) is 0 Å². The molecule has 7 amide bonds. The number of unbranched alkanes of at least 4 members (excludes halogenated alkanes) is 1. The second kappa shape index (κ2) is 26.3. The first-order valence-corrected chi connectivity index (χ1v) is 18.4. The van der Waals surface area contributed by atoms with Crippen molar-refractivity contribution in [1.82, 2.24) is 31.9 Å². The third-order valence-electron chi connectivity index (χ3n) is 8.08. The number of primary amides is 1. The number of carbonyl (C=O) groups is 9. The van der Waals surface area contributed by atoms with Crippen molar-refractivity contribution in [2.75, 3.05) is 13.1 Å². The van der Waals surface area contributed by atoms with Crippen LogP contribution < -0.4 is 54.8 Å². The largest absolute Gasteiger partial charge is 0.481 e. The van der Waals surface area contributed by atoms with Gasteiger partial charge in [0.2, 0.25) is 41.4 Å². The Bertz CT molecular complexity index is 1400. The van der Waals surface area contributed by atoms with Gasteiger partial charge in [0, 0.05) is 18.9 Å². The smallest absolute Gasteiger partial charge is 0.326 e. The lowest BCUT2D eigenvalue weighted by molar-refractivity contribution is -0.144. The van der Waals surface area contributed by atoms with E-state index in [4.69, 9.17) is 22.9 Å². The number of carboxylic acids is 2. The molecule has 0 aliphatic carbocycles. The molecular formula is C34H61N11O11. The molecule has 0 radical (unpaired) electrons. The van der Waals surface area contributed by atoms with Crippen LogP contribution in [-0.2, 0) is 43.2 Å². The van der Waals surface area contributed by atoms with Gasteiger partial charge in [-0.1, -0.05) is 27.7 Å². The van der Waals surface area contributed by atoms with Crippen LogP contribution >= 0.6 is 0 Å². The predicted octanol–water partition coefficient (Wildman–Crippen LogP) is -3.38. The molecule has 22 nitrogen and oxygen atoms in total. The number of nitrogens with zero attached hydrogens (tertiary/aromatic N) is 1. The van der Waals surface area contributed by atoms with Crippen molar-refractivity contribution in [3.8, 4) is 0 Å². The molecule has 0 unspecified atom stereocenters. The highest BCUT2D eigenvalue weighted by atomic mass is 16.4. The number of hydrogen-bond donors (Lipinski definition) is 12. The summed E-state index contributed by atoms with van der Waals surface area (Å²) in [5.74, 6) is -9.44. The standard InChI is InChI=1S/C34H61N11O11/c1-17(2)15-23(31(53)40-19(5)28(50)44-24(16-26(47)48)32(54)43-22(33(55)56)11-12-25(36)46)45-30(52)20(9-6-7-13-35)42-29(51)21(41-27(49)18(3)4)10-8-14-39-34(37)38/h17-24H,6-16,35H2,1-5H3,(H2,36,46)(H,40,53)(H,41,49)(H,42,51)(H,43,54)(H,44,50)(H,45,52)(H,47,48)(H,55,56)(H4,37,38,39)/t19-,20-,21-,22-,23-,24-/m0/s1. The maximum absolute atomic E-state index is 13.7. The zero-order valence-corrected chi connectivity index (χ0v) is 32.7. The maximum Gasteiger partial charge on any atom is 0.326 e. The van der Waals surface area contributed by atoms with E-state index < -0.39 is 115 Å². The minimum absolute atomic E-state index is 0.0825. The van der Waals surface area contributed by atoms with Crippen LogP contribution in [-0.4, -0.2) is 119 Å². The normalized spacial score (nSPS) is 14.1. The van der Waals surface area contributed by atoms with Crippen LogP contribution in [0.5, 0.6) is 0 Å². The fourth-order valence-electron chi connectivity index (χ4n) is 5.00. The molecule has 0 saturated carbocycles. The van der Waals surface area contributed by atoms with E-state index in [9.17, 15) is 53.4 Å². The van der Waals surface area contributed by atoms with Gasteiger partial charge in [0.15, 0.2) is 5.96 Å². The molecule has 0 saturated heterocycles. The predicted molar refractivity (Wildman–Crippen MR) is 203 cm³/mol. The molecule has 318 valence electrons. The first-order chi connectivity index (χ1) is 26.1. The Morgan fingerprint density at radius 1 is 0.571 bits per heavy atom. The highest BCUT2D eigenvalue weighted by Crippen LogP contribution is 2.10. The van der Waals surface area contributed by atoms with E-state index in [1.54, 1.807) is 27.7 Å². The number of rotatable bonds is 28. The molecule has 0 aliphatic heterocycles. The molecule has 0 bridgehead atoms. The Morgan fingerprint density at radius 2 is 1.05 bits per heavy atom. The average Bonchev–Trinajstić information content (AvgIpc) is 3.08. The van der Waals surface area contributed by atoms with E-state index in [0.29, 0.717) is 25.8 Å². The van der Waals surface area contributed by atoms with Gasteiger partial charge in [0.05, 0.1) is 6.42 Å². The average molecular weight is 800 g/mol. The fraction of sp³-hybridized carbons (Fsp3) is 0.706. The summed E-state index contributed by atoms with van der Waals surface area (Å²) in [4.78, 5) is 117. The first-order valence-electron chi connectivity index (χ1n) is 18.4. The third kappa shape index (κ3) is 21.4. The van der Waals surface area contributed by atoms with Gasteiger partial charge in [-0.3, -0.25) is 43.3 Å². The van der Waals surface area contributed by atoms with Crippen molar-refractivity contribution < 1.29 is 53.4 Å². The molecule has 0 aromatic heterocycles. The second-order valence-corrected chi connectivity index (χ2v) is 14.0. The quantitative estimate of drug-likeness (QED) is 0.0209. The first kappa shape index (κ1) is 50.5. The molecule has 0 rings (SSSR count). The summed E-state index contributed by atoms with van der Waals surface area (Å²) in [7, 11) is 0. The van der Waals surface area contributed by atoms with Crippen molar-refractivity contribution >= 4 is 59.2 Å². The van der Waals surface area contributed by atoms with Crippen LogP contribution in [0.1, 0.15) is 92.4 Å². The van der Waals surface area contributed by atoms with Gasteiger partial charge in [-0.25, -0.2) is 4.79 Å². The summed E-state index contributed by atoms with van der Waals surface area (Å²) < 4.78 is 0. The lowest BCUT2D eigenvalue weighted by atomic mass is 10.0. The van der Waals surface area contributed by atoms with Crippen LogP contribution in [0.15, 0.2) is 4.99 Å². The fourth-order valence-corrected chi connectivity index (χ4v) is 5.00. The highest BCUT2D eigenvalue weighted by Gasteiger charge is 2.33. The lowest BCUT2D eigenvalue weighted by Crippen LogP contribution is -2.59. The highest BCUT2D eigenvalue weighted by molar-refractivity contribution is 5.97. The number of carbonyl (C=O) groups excluding carboxylic acids is 7. The minimum Gasteiger partial charge on any atom is -0.481 e. The topological polar surface area (TPSA) is 383 Å². The summed E-state index contributed by atoms with van der Waals surface area (Å²) >= 11 is 0. The molecule has 22 heteroatoms. The Hall–Kier alpha value is -5.54. The van der Waals surface area contributed by atoms with E-state index >= 15 is 0 Å². The van der Waals surface area contributed by atoms with Crippen molar-refractivity contribution in [3.63, 3.8) is 0 Å². The Morgan fingerprint density at radius 3 is 1.54 bits per heavy atom. The summed E-state index contributed by atoms with van der Waals surface area (Å²) in [5.41, 5.74) is 21.4. The van der Waals surface area contributed by atoms with Crippen molar-refractivity contribution in [2.45, 2.75) is 129 Å². The van der Waals surface area contributed by atoms with Crippen LogP contribution in [0.25, 0.3) is 0 Å². The molecule has 16 N–H and O–H groups in total. The number of hydrogen-bond acceptors (Lipinski definition) is 11. The Balaban J connectivity index is 6.06. The zero-order chi connectivity index (χ0) is 43.1. The lowest BCUT2D eigenvalue weighted by Gasteiger charge is -2.27. The van der Waals surface area contributed by atoms with Gasteiger partial charge in [-0.05, 0) is 64.3 Å². The molecule has 0 fully saturated rings. The van der Waals surface area contributed by atoms with E-state index in [-0.39, 0.29) is 37.7 Å². The molecule has 0 aromatic carbocycles. The van der Waals surface area contributed by atoms with Gasteiger partial charge in [-0.2, -0.15) is 0 Å². The summed E-state index contributed by atoms with van der Waals surface area (Å²) in [6, 6.07) is -8.24. The number of nitrogens with two attached hydrogens (primary N) is 4. The van der Waals surface area contributed by atoms with Gasteiger partial charge < -0.3 is 65.0 Å². The molecule has 0 aromatic rings. The van der Waals surface area contributed by atoms with Crippen molar-refractivity contribution in [3.05, 3.63) is 0 Å². The minimum atomic E-state index is -1.78. The van der Waals surface area contributed by atoms with E-state index in [2.05, 4.69) is 36.9 Å². The molecule has 56 heavy (non-hydrogen) atoms. The van der Waals surface area contributed by atoms with Crippen LogP contribution in [0.2, 0.25) is 0 Å². The van der Waals surface area contributed by atoms with E-state index in [1.807, 2.05) is 0 Å². The maximum atomic E-state index is 13.7. The Kier molecular flexibility index (Phi) is 23.7. The van der Waals surface area contributed by atoms with Gasteiger partial charge in [0.25, 0.3) is 0 Å². The number of nitrogens with one attached hydrogen (secondary N) is 6. The molecule has 0 spiro atoms. The third-order valence-corrected chi connectivity index (χ3v) is 8.08. The number of amides is 7. The molecule has 0 aliphatic rings. The van der Waals surface area contributed by atoms with E-state index in [1.165, 1.54) is 6.92 Å². The molecule has 6 atom stereocenters. The molecular weight excluding hydrogens is 738 g/mol. The monoisotopic (exact) mass is 799 g/mol. The van der Waals surface area contributed by atoms with Crippen LogP contribution in [0.4, 0.5) is 0 Å². The van der Waals surface area contributed by atoms with Crippen molar-refractivity contribution in [1.29, 1.82) is 0 Å². The van der Waals surface area contributed by atoms with Crippen LogP contribution in [0.3, 0.4) is 0 Å². The van der Waals surface area contributed by atoms with Gasteiger partial charge in [0.1, 0.15) is 36.3 Å². The number of guanidine groups is 1. The molecule has 0 heterocycles. The van der Waals surface area contributed by atoms with Gasteiger partial charge in [-0.15, -0.1) is 0 Å². The SMILES string of the molecule is CC(C)C[C@H](NC(=O)[C@H](CCCCN)NC(=O)[C@H](CCCN=C(N)N)NC(=O)C(C)C)C(=O)N[C@@H](C)C(=O)N[C@@H](CC(=O)O)C(=O)N[C@@H](CCC(N)=O)C(=O)O. The summed E-state index contributed by atoms with van der Waals surface area (Å²) in [6.45, 7) is 8.57. The van der Waals surface area contributed by atoms with Gasteiger partial charge >= 0.3 is 11.9 Å². The summed E-state index contributed by atoms with van der Waals surface area (Å²) in [6.07, 6.45) is -0.147. The number of aliphatic imine (C=N–C) groups is 1. The summed E-state index contributed by atoms with van der Waals surface area (Å²) in [5, 5.41) is 33.4. The zero-order valence-electron chi connectivity index (χ0n) is 32.7. The Labute approximate surface area is 325 Å².